The molecule has 6 heteroatoms. The molecule has 0 spiro atoms. The number of pyridine rings is 3. The Morgan fingerprint density at radius 1 is 0.226 bits per heavy atom. The summed E-state index contributed by atoms with van der Waals surface area (Å²) in [5.41, 5.74) is 26.8. The van der Waals surface area contributed by atoms with E-state index < -0.39 is 0 Å². The number of nitrogens with zero attached hydrogens (tertiary/aromatic N) is 5. The number of rotatable bonds is 12. The molecule has 0 aliphatic heterocycles. The zero-order valence-corrected chi connectivity index (χ0v) is 52.6. The fourth-order valence-electron chi connectivity index (χ4n) is 13.7. The van der Waals surface area contributed by atoms with Gasteiger partial charge in [-0.1, -0.05) is 251 Å². The van der Waals surface area contributed by atoms with E-state index in [0.29, 0.717) is 0 Å². The molecule has 5 heterocycles. The van der Waals surface area contributed by atoms with Crippen molar-refractivity contribution in [3.63, 3.8) is 0 Å². The molecule has 0 fully saturated rings. The molecule has 17 aromatic rings. The van der Waals surface area contributed by atoms with E-state index >= 15 is 0 Å². The molecule has 0 radical (unpaired) electrons. The number of benzene rings is 12. The molecule has 0 N–H and O–H groups in total. The average molecular weight is 1360 g/mol. The van der Waals surface area contributed by atoms with Gasteiger partial charge in [-0.2, -0.15) is 0 Å². The molecule has 5 nitrogen and oxygen atoms in total. The maximum absolute atomic E-state index is 4.85. The molecule has 0 saturated carbocycles. The predicted molar refractivity (Wildman–Crippen MR) is 379 cm³/mol. The van der Waals surface area contributed by atoms with Gasteiger partial charge in [0.15, 0.2) is 0 Å². The summed E-state index contributed by atoms with van der Waals surface area (Å²) in [6.07, 6.45) is 5.55. The second-order valence-electron chi connectivity index (χ2n) is 23.2. The first-order valence-corrected chi connectivity index (χ1v) is 31.1. The first-order chi connectivity index (χ1) is 45.7. The topological polar surface area (TPSA) is 48.5 Å². The van der Waals surface area contributed by atoms with Gasteiger partial charge in [0.1, 0.15) is 0 Å². The minimum absolute atomic E-state index is 0. The monoisotopic (exact) mass is 1360 g/mol. The van der Waals surface area contributed by atoms with Crippen molar-refractivity contribution in [2.24, 2.45) is 0 Å². The van der Waals surface area contributed by atoms with Crippen molar-refractivity contribution in [3.8, 4) is 123 Å². The van der Waals surface area contributed by atoms with Crippen LogP contribution in [0.2, 0.25) is 0 Å². The second-order valence-corrected chi connectivity index (χ2v) is 23.2. The molecule has 0 aliphatic rings. The van der Waals surface area contributed by atoms with Crippen molar-refractivity contribution < 1.29 is 20.1 Å². The van der Waals surface area contributed by atoms with Crippen LogP contribution in [0.3, 0.4) is 0 Å². The molecule has 0 aliphatic carbocycles. The second kappa shape index (κ2) is 24.3. The van der Waals surface area contributed by atoms with Crippen molar-refractivity contribution >= 4 is 43.6 Å². The zero-order valence-electron chi connectivity index (χ0n) is 50.2. The first-order valence-electron chi connectivity index (χ1n) is 31.1. The van der Waals surface area contributed by atoms with Gasteiger partial charge in [-0.05, 0) is 128 Å². The summed E-state index contributed by atoms with van der Waals surface area (Å²) in [6, 6.07) is 122. The summed E-state index contributed by atoms with van der Waals surface area (Å²) >= 11 is 0. The average Bonchev–Trinajstić information content (AvgIpc) is 1.66. The van der Waals surface area contributed by atoms with Gasteiger partial charge in [-0.25, -0.2) is 0 Å². The van der Waals surface area contributed by atoms with Crippen LogP contribution in [0.4, 0.5) is 0 Å². The van der Waals surface area contributed by atoms with Crippen molar-refractivity contribution in [2.75, 3.05) is 0 Å². The zero-order chi connectivity index (χ0) is 60.9. The number of fused-ring (bicyclic) bond motifs is 6. The number of para-hydroxylation sites is 4. The van der Waals surface area contributed by atoms with Gasteiger partial charge in [0.2, 0.25) is 0 Å². The quantitative estimate of drug-likeness (QED) is 0.115. The fourth-order valence-corrected chi connectivity index (χ4v) is 13.7. The van der Waals surface area contributed by atoms with Gasteiger partial charge in [-0.15, -0.1) is 71.3 Å². The van der Waals surface area contributed by atoms with Crippen molar-refractivity contribution in [3.05, 3.63) is 346 Å². The van der Waals surface area contributed by atoms with Crippen LogP contribution in [0.25, 0.3) is 167 Å². The van der Waals surface area contributed by atoms with Crippen LogP contribution in [0.1, 0.15) is 0 Å². The van der Waals surface area contributed by atoms with Crippen LogP contribution in [-0.4, -0.2) is 24.1 Å². The summed E-state index contributed by atoms with van der Waals surface area (Å²) in [6.45, 7) is 0. The third-order valence-corrected chi connectivity index (χ3v) is 17.9. The van der Waals surface area contributed by atoms with E-state index in [0.717, 1.165) is 145 Å². The van der Waals surface area contributed by atoms with E-state index in [9.17, 15) is 0 Å². The molecule has 0 unspecified atom stereocenters. The molecular weight excluding hydrogens is 1310 g/mol. The number of aromatic nitrogens is 5. The minimum Gasteiger partial charge on any atom is -0.326 e. The molecule has 93 heavy (non-hydrogen) atoms. The Labute approximate surface area is 553 Å². The van der Waals surface area contributed by atoms with Crippen molar-refractivity contribution in [1.82, 2.24) is 24.1 Å². The Bertz CT molecular complexity index is 5270. The third kappa shape index (κ3) is 10.2. The minimum atomic E-state index is 0. The normalized spacial score (nSPS) is 11.4. The largest absolute Gasteiger partial charge is 3.00 e. The van der Waals surface area contributed by atoms with Gasteiger partial charge < -0.3 is 24.1 Å². The Kier molecular flexibility index (Phi) is 14.8. The van der Waals surface area contributed by atoms with Crippen LogP contribution in [-0.2, 0) is 20.1 Å². The van der Waals surface area contributed by atoms with E-state index in [1.807, 2.05) is 55.0 Å². The van der Waals surface area contributed by atoms with Crippen LogP contribution < -0.4 is 0 Å². The summed E-state index contributed by atoms with van der Waals surface area (Å²) in [5.74, 6) is 0. The smallest absolute Gasteiger partial charge is 0.326 e. The van der Waals surface area contributed by atoms with Crippen LogP contribution >= 0.6 is 0 Å². The maximum atomic E-state index is 4.85. The predicted octanol–water partition coefficient (Wildman–Crippen LogP) is 22.1. The molecule has 0 saturated heterocycles. The first kappa shape index (κ1) is 56.6. The maximum Gasteiger partial charge on any atom is 3.00 e. The van der Waals surface area contributed by atoms with Crippen LogP contribution in [0.15, 0.2) is 328 Å². The van der Waals surface area contributed by atoms with Gasteiger partial charge >= 0.3 is 20.1 Å². The molecule has 0 bridgehead atoms. The molecule has 17 rings (SSSR count). The standard InChI is InChI=1S/C87H54N5.Ir/c1-2-24-58(25-3-1)78-55-59(79-36-18-21-49-88-79)43-46-71(78)68-29-7-4-26-65(68)62-52-63(66-27-5-8-30-69(66)76-47-44-60(80-37-19-22-50-89-80)56-86(76)91-82-39-14-10-32-72(82)73-33-11-15-40-83(73)91)54-64(53-62)67-28-6-9-31-70(67)77-48-45-61(81-38-20-23-51-90-81)57-87(77)92-84-41-16-12-34-74(84)75-35-13-17-42-85(75)92;/h1-42,46-57H;/q-3;+3. The van der Waals surface area contributed by atoms with Gasteiger partial charge in [0.25, 0.3) is 0 Å². The van der Waals surface area contributed by atoms with E-state index in [1.54, 1.807) is 0 Å². The fraction of sp³-hybridized carbons (Fsp3) is 0. The van der Waals surface area contributed by atoms with Crippen molar-refractivity contribution in [2.45, 2.75) is 0 Å². The Balaban J connectivity index is 0.00000686. The summed E-state index contributed by atoms with van der Waals surface area (Å²) in [7, 11) is 0. The SMILES string of the molecule is [Ir+3].[c-]1cc(-c2ccccc2-c2cc(-c3ccccc3-c3c[c-]c(-c4ccccn4)cc3-n3c4ccccc4c4ccccc43)cc(-c3ccccc3-c3c[c-]c(-c4ccccn4)cc3-n3c4ccccc4c4ccccc43)c2)c(-c2ccccc2)cc1-c1ccccn1. The van der Waals surface area contributed by atoms with Crippen LogP contribution in [0.5, 0.6) is 0 Å². The summed E-state index contributed by atoms with van der Waals surface area (Å²) < 4.78 is 4.85. The van der Waals surface area contributed by atoms with Gasteiger partial charge in [0, 0.05) is 40.1 Å². The molecule has 5 aromatic heterocycles. The van der Waals surface area contributed by atoms with E-state index in [1.165, 1.54) is 21.5 Å². The Morgan fingerprint density at radius 2 is 0.527 bits per heavy atom. The van der Waals surface area contributed by atoms with Gasteiger partial charge in [-0.3, -0.25) is 0 Å². The van der Waals surface area contributed by atoms with Crippen molar-refractivity contribution in [1.29, 1.82) is 0 Å². The van der Waals surface area contributed by atoms with E-state index in [-0.39, 0.29) is 20.1 Å². The molecule has 12 aromatic carbocycles. The molecule has 0 amide bonds. The summed E-state index contributed by atoms with van der Waals surface area (Å²) in [5, 5.41) is 4.76. The number of hydrogen-bond acceptors (Lipinski definition) is 3. The van der Waals surface area contributed by atoms with E-state index in [4.69, 9.17) is 15.0 Å². The van der Waals surface area contributed by atoms with Gasteiger partial charge in [0.05, 0.1) is 22.1 Å². The summed E-state index contributed by atoms with van der Waals surface area (Å²) in [4.78, 5) is 14.5. The number of hydrogen-bond donors (Lipinski definition) is 0. The molecular formula is C87H54IrN5. The molecule has 436 valence electrons. The molecule has 0 atom stereocenters. The van der Waals surface area contributed by atoms with Crippen LogP contribution in [0, 0.1) is 18.2 Å². The Hall–Kier alpha value is -11.7. The van der Waals surface area contributed by atoms with E-state index in [2.05, 4.69) is 300 Å². The Morgan fingerprint density at radius 3 is 0.892 bits per heavy atom. The third-order valence-electron chi connectivity index (χ3n) is 17.9.